The van der Waals surface area contributed by atoms with E-state index in [-0.39, 0.29) is 0 Å². The van der Waals surface area contributed by atoms with Crippen LogP contribution in [0, 0.1) is 11.3 Å². The van der Waals surface area contributed by atoms with Gasteiger partial charge >= 0.3 is 0 Å². The van der Waals surface area contributed by atoms with Crippen LogP contribution in [0.4, 0.5) is 0 Å². The first-order valence-electron chi connectivity index (χ1n) is 4.56. The second-order valence-corrected chi connectivity index (χ2v) is 4.03. The molecule has 0 saturated carbocycles. The summed E-state index contributed by atoms with van der Waals surface area (Å²) in [5.74, 6) is 0. The first-order chi connectivity index (χ1) is 7.31. The van der Waals surface area contributed by atoms with Crippen molar-refractivity contribution in [3.63, 3.8) is 0 Å². The van der Waals surface area contributed by atoms with Crippen LogP contribution >= 0.6 is 15.9 Å². The van der Waals surface area contributed by atoms with Gasteiger partial charge in [-0.1, -0.05) is 52.3 Å². The summed E-state index contributed by atoms with van der Waals surface area (Å²) in [7, 11) is 0. The molecule has 0 N–H and O–H groups in total. The molecule has 0 saturated heterocycles. The smallest absolute Gasteiger partial charge is 0.0992 e. The molecular weight excluding hydrogens is 250 g/mol. The minimum atomic E-state index is 0.668. The van der Waals surface area contributed by atoms with Gasteiger partial charge < -0.3 is 0 Å². The van der Waals surface area contributed by atoms with Crippen LogP contribution in [0.1, 0.15) is 5.56 Å². The summed E-state index contributed by atoms with van der Waals surface area (Å²) in [6, 6.07) is 17.8. The molecule has 15 heavy (non-hydrogen) atoms. The average Bonchev–Trinajstić information content (AvgIpc) is 2.30. The average molecular weight is 258 g/mol. The number of nitriles is 1. The lowest BCUT2D eigenvalue weighted by atomic mass is 10.0. The van der Waals surface area contributed by atoms with Gasteiger partial charge in [-0.25, -0.2) is 0 Å². The van der Waals surface area contributed by atoms with Gasteiger partial charge in [0.2, 0.25) is 0 Å². The number of benzene rings is 2. The quantitative estimate of drug-likeness (QED) is 0.758. The van der Waals surface area contributed by atoms with Gasteiger partial charge in [-0.05, 0) is 23.3 Å². The van der Waals surface area contributed by atoms with Crippen LogP contribution in [0.2, 0.25) is 0 Å². The molecule has 2 heteroatoms. The predicted octanol–water partition coefficient (Wildman–Crippen LogP) is 3.99. The highest BCUT2D eigenvalue weighted by Crippen LogP contribution is 2.28. The first-order valence-corrected chi connectivity index (χ1v) is 5.35. The molecule has 0 radical (unpaired) electrons. The molecule has 0 aliphatic carbocycles. The van der Waals surface area contributed by atoms with E-state index >= 15 is 0 Å². The van der Waals surface area contributed by atoms with Crippen molar-refractivity contribution in [2.75, 3.05) is 0 Å². The molecule has 0 atom stereocenters. The highest BCUT2D eigenvalue weighted by Gasteiger charge is 2.02. The van der Waals surface area contributed by atoms with Gasteiger partial charge in [-0.2, -0.15) is 5.26 Å². The molecule has 0 aliphatic heterocycles. The Bertz CT molecular complexity index is 512. The van der Waals surface area contributed by atoms with Gasteiger partial charge in [0.1, 0.15) is 0 Å². The molecule has 2 aromatic carbocycles. The lowest BCUT2D eigenvalue weighted by molar-refractivity contribution is 1.47. The summed E-state index contributed by atoms with van der Waals surface area (Å²) >= 11 is 3.47. The van der Waals surface area contributed by atoms with E-state index in [0.29, 0.717) is 5.56 Å². The summed E-state index contributed by atoms with van der Waals surface area (Å²) in [4.78, 5) is 0. The molecule has 0 bridgehead atoms. The van der Waals surface area contributed by atoms with Crippen molar-refractivity contribution in [2.45, 2.75) is 0 Å². The largest absolute Gasteiger partial charge is 0.192 e. The van der Waals surface area contributed by atoms with Crippen molar-refractivity contribution in [3.8, 4) is 17.2 Å². The molecule has 72 valence electrons. The van der Waals surface area contributed by atoms with Crippen molar-refractivity contribution in [2.24, 2.45) is 0 Å². The minimum absolute atomic E-state index is 0.668. The second kappa shape index (κ2) is 4.29. The topological polar surface area (TPSA) is 23.8 Å². The molecule has 0 fully saturated rings. The van der Waals surface area contributed by atoms with Crippen LogP contribution in [-0.4, -0.2) is 0 Å². The van der Waals surface area contributed by atoms with Gasteiger partial charge in [-0.15, -0.1) is 0 Å². The van der Waals surface area contributed by atoms with Crippen LogP contribution in [-0.2, 0) is 0 Å². The Balaban J connectivity index is 2.52. The van der Waals surface area contributed by atoms with Gasteiger partial charge in [0.15, 0.2) is 0 Å². The SMILES string of the molecule is N#Cc1ccc(-c2ccccc2)c(Br)c1. The zero-order valence-corrected chi connectivity index (χ0v) is 9.53. The van der Waals surface area contributed by atoms with E-state index in [9.17, 15) is 0 Å². The molecule has 0 aliphatic rings. The van der Waals surface area contributed by atoms with Crippen LogP contribution in [0.5, 0.6) is 0 Å². The van der Waals surface area contributed by atoms with Crippen molar-refractivity contribution in [3.05, 3.63) is 58.6 Å². The normalized spacial score (nSPS) is 9.60. The fourth-order valence-corrected chi connectivity index (χ4v) is 2.04. The Morgan fingerprint density at radius 3 is 2.33 bits per heavy atom. The minimum Gasteiger partial charge on any atom is -0.192 e. The maximum Gasteiger partial charge on any atom is 0.0992 e. The monoisotopic (exact) mass is 257 g/mol. The van der Waals surface area contributed by atoms with E-state index in [1.165, 1.54) is 0 Å². The van der Waals surface area contributed by atoms with Crippen LogP contribution in [0.25, 0.3) is 11.1 Å². The fourth-order valence-electron chi connectivity index (χ4n) is 1.44. The van der Waals surface area contributed by atoms with Crippen LogP contribution in [0.3, 0.4) is 0 Å². The van der Waals surface area contributed by atoms with E-state index in [1.807, 2.05) is 48.5 Å². The van der Waals surface area contributed by atoms with Crippen molar-refractivity contribution in [1.82, 2.24) is 0 Å². The van der Waals surface area contributed by atoms with E-state index in [1.54, 1.807) is 0 Å². The molecule has 0 unspecified atom stereocenters. The number of nitrogens with zero attached hydrogens (tertiary/aromatic N) is 1. The fraction of sp³-hybridized carbons (Fsp3) is 0. The van der Waals surface area contributed by atoms with E-state index in [2.05, 4.69) is 22.0 Å². The molecule has 2 rings (SSSR count). The Morgan fingerprint density at radius 2 is 1.73 bits per heavy atom. The highest BCUT2D eigenvalue weighted by atomic mass is 79.9. The second-order valence-electron chi connectivity index (χ2n) is 3.17. The third-order valence-electron chi connectivity index (χ3n) is 2.18. The molecule has 0 heterocycles. The lowest BCUT2D eigenvalue weighted by Crippen LogP contribution is -1.81. The van der Waals surface area contributed by atoms with Crippen molar-refractivity contribution < 1.29 is 0 Å². The van der Waals surface area contributed by atoms with Crippen LogP contribution < -0.4 is 0 Å². The van der Waals surface area contributed by atoms with Gasteiger partial charge in [0.25, 0.3) is 0 Å². The van der Waals surface area contributed by atoms with E-state index < -0.39 is 0 Å². The van der Waals surface area contributed by atoms with Gasteiger partial charge in [0, 0.05) is 4.47 Å². The maximum absolute atomic E-state index is 8.75. The van der Waals surface area contributed by atoms with Gasteiger partial charge in [0.05, 0.1) is 11.6 Å². The number of halogens is 1. The summed E-state index contributed by atoms with van der Waals surface area (Å²) < 4.78 is 0.952. The highest BCUT2D eigenvalue weighted by molar-refractivity contribution is 9.10. The molecule has 0 amide bonds. The molecule has 0 aromatic heterocycles. The van der Waals surface area contributed by atoms with Crippen molar-refractivity contribution >= 4 is 15.9 Å². The Morgan fingerprint density at radius 1 is 1.00 bits per heavy atom. The molecular formula is C13H8BrN. The predicted molar refractivity (Wildman–Crippen MR) is 64.3 cm³/mol. The Hall–Kier alpha value is -1.59. The standard InChI is InChI=1S/C13H8BrN/c14-13-8-10(9-15)6-7-12(13)11-4-2-1-3-5-11/h1-8H. The molecule has 1 nitrogen and oxygen atoms in total. The van der Waals surface area contributed by atoms with Crippen molar-refractivity contribution in [1.29, 1.82) is 5.26 Å². The summed E-state index contributed by atoms with van der Waals surface area (Å²) in [6.45, 7) is 0. The van der Waals surface area contributed by atoms with Crippen LogP contribution in [0.15, 0.2) is 53.0 Å². The third kappa shape index (κ3) is 2.08. The number of hydrogen-bond donors (Lipinski definition) is 0. The van der Waals surface area contributed by atoms with E-state index in [4.69, 9.17) is 5.26 Å². The summed E-state index contributed by atoms with van der Waals surface area (Å²) in [6.07, 6.45) is 0. The summed E-state index contributed by atoms with van der Waals surface area (Å²) in [5.41, 5.74) is 2.92. The zero-order chi connectivity index (χ0) is 10.7. The van der Waals surface area contributed by atoms with E-state index in [0.717, 1.165) is 15.6 Å². The van der Waals surface area contributed by atoms with Gasteiger partial charge in [-0.3, -0.25) is 0 Å². The maximum atomic E-state index is 8.75. The summed E-state index contributed by atoms with van der Waals surface area (Å²) in [5, 5.41) is 8.75. The third-order valence-corrected chi connectivity index (χ3v) is 2.84. The molecule has 2 aromatic rings. The zero-order valence-electron chi connectivity index (χ0n) is 7.94. The first kappa shape index (κ1) is 9.95. The number of hydrogen-bond acceptors (Lipinski definition) is 1. The molecule has 0 spiro atoms. The Kier molecular flexibility index (Phi) is 2.84. The number of rotatable bonds is 1. The Labute approximate surface area is 97.1 Å². The lowest BCUT2D eigenvalue weighted by Gasteiger charge is -2.04.